The van der Waals surface area contributed by atoms with Crippen LogP contribution in [0.15, 0.2) is 27.9 Å². The molecular formula is C22H31N3O4S2. The lowest BCUT2D eigenvalue weighted by Crippen LogP contribution is -2.45. The Morgan fingerprint density at radius 2 is 1.77 bits per heavy atom. The number of sulfonamides is 1. The van der Waals surface area contributed by atoms with E-state index < -0.39 is 10.0 Å². The van der Waals surface area contributed by atoms with Crippen LogP contribution in [0, 0.1) is 5.92 Å². The molecule has 7 nitrogen and oxygen atoms in total. The number of benzene rings is 1. The van der Waals surface area contributed by atoms with Gasteiger partial charge in [-0.05, 0) is 50.8 Å². The largest absolute Gasteiger partial charge is 0.353 e. The summed E-state index contributed by atoms with van der Waals surface area (Å²) in [6.45, 7) is 3.14. The van der Waals surface area contributed by atoms with Crippen molar-refractivity contribution in [3.05, 3.63) is 27.9 Å². The monoisotopic (exact) mass is 465 g/mol. The SMILES string of the molecule is CCn1c(=O)sc2cc(S(=O)(=O)N3CCC(C(=O)NC4CCCCCC4)CC3)ccc21. The van der Waals surface area contributed by atoms with Gasteiger partial charge in [0.05, 0.1) is 15.1 Å². The molecule has 1 aromatic carbocycles. The summed E-state index contributed by atoms with van der Waals surface area (Å²) in [5.41, 5.74) is 0.769. The number of amides is 1. The molecule has 0 unspecified atom stereocenters. The van der Waals surface area contributed by atoms with E-state index in [-0.39, 0.29) is 27.6 Å². The first-order valence-electron chi connectivity index (χ1n) is 11.3. The second kappa shape index (κ2) is 9.42. The summed E-state index contributed by atoms with van der Waals surface area (Å²) < 4.78 is 30.1. The van der Waals surface area contributed by atoms with Crippen LogP contribution in [-0.2, 0) is 21.4 Å². The maximum atomic E-state index is 13.2. The highest BCUT2D eigenvalue weighted by Gasteiger charge is 2.33. The molecule has 9 heteroatoms. The van der Waals surface area contributed by atoms with E-state index in [0.717, 1.165) is 29.7 Å². The molecule has 2 heterocycles. The Balaban J connectivity index is 1.41. The Hall–Kier alpha value is -1.71. The Labute approximate surface area is 187 Å². The predicted octanol–water partition coefficient (Wildman–Crippen LogP) is 3.32. The average molecular weight is 466 g/mol. The fourth-order valence-corrected chi connectivity index (χ4v) is 7.32. The van der Waals surface area contributed by atoms with Gasteiger partial charge in [0, 0.05) is 31.6 Å². The maximum Gasteiger partial charge on any atom is 0.308 e. The number of thiazole rings is 1. The van der Waals surface area contributed by atoms with Crippen molar-refractivity contribution in [3.8, 4) is 0 Å². The molecule has 1 saturated carbocycles. The van der Waals surface area contributed by atoms with E-state index in [1.807, 2.05) is 6.92 Å². The van der Waals surface area contributed by atoms with Gasteiger partial charge in [0.2, 0.25) is 15.9 Å². The van der Waals surface area contributed by atoms with Gasteiger partial charge in [-0.2, -0.15) is 4.31 Å². The topological polar surface area (TPSA) is 88.5 Å². The van der Waals surface area contributed by atoms with E-state index >= 15 is 0 Å². The standard InChI is InChI=1S/C22H31N3O4S2/c1-2-25-19-10-9-18(15-20(19)30-22(25)27)31(28,29)24-13-11-16(12-14-24)21(26)23-17-7-5-3-4-6-8-17/h9-10,15-17H,2-8,11-14H2,1H3,(H,23,26). The number of hydrogen-bond donors (Lipinski definition) is 1. The Morgan fingerprint density at radius 3 is 2.42 bits per heavy atom. The second-order valence-electron chi connectivity index (χ2n) is 8.62. The minimum absolute atomic E-state index is 0.0763. The molecule has 1 aromatic heterocycles. The highest BCUT2D eigenvalue weighted by molar-refractivity contribution is 7.89. The van der Waals surface area contributed by atoms with Crippen LogP contribution in [-0.4, -0.2) is 42.3 Å². The van der Waals surface area contributed by atoms with Crippen molar-refractivity contribution in [2.24, 2.45) is 5.92 Å². The van der Waals surface area contributed by atoms with Crippen molar-refractivity contribution in [2.75, 3.05) is 13.1 Å². The van der Waals surface area contributed by atoms with Crippen LogP contribution in [0.1, 0.15) is 58.3 Å². The normalized spacial score (nSPS) is 20.0. The van der Waals surface area contributed by atoms with E-state index in [2.05, 4.69) is 5.32 Å². The fourth-order valence-electron chi connectivity index (χ4n) is 4.76. The minimum Gasteiger partial charge on any atom is -0.353 e. The average Bonchev–Trinajstić information content (AvgIpc) is 2.90. The molecular weight excluding hydrogens is 434 g/mol. The summed E-state index contributed by atoms with van der Waals surface area (Å²) in [6.07, 6.45) is 8.01. The van der Waals surface area contributed by atoms with Gasteiger partial charge < -0.3 is 5.32 Å². The van der Waals surface area contributed by atoms with Gasteiger partial charge in [-0.3, -0.25) is 14.2 Å². The Morgan fingerprint density at radius 1 is 1.10 bits per heavy atom. The third-order valence-electron chi connectivity index (χ3n) is 6.62. The molecule has 1 aliphatic heterocycles. The van der Waals surface area contributed by atoms with Crippen molar-refractivity contribution in [2.45, 2.75) is 75.8 Å². The van der Waals surface area contributed by atoms with Crippen molar-refractivity contribution >= 4 is 37.5 Å². The zero-order chi connectivity index (χ0) is 22.0. The van der Waals surface area contributed by atoms with Crippen LogP contribution >= 0.6 is 11.3 Å². The van der Waals surface area contributed by atoms with Crippen LogP contribution < -0.4 is 10.2 Å². The van der Waals surface area contributed by atoms with Crippen LogP contribution in [0.2, 0.25) is 0 Å². The molecule has 0 radical (unpaired) electrons. The Kier molecular flexibility index (Phi) is 6.83. The van der Waals surface area contributed by atoms with Crippen LogP contribution in [0.4, 0.5) is 0 Å². The number of nitrogens with zero attached hydrogens (tertiary/aromatic N) is 2. The highest BCUT2D eigenvalue weighted by Crippen LogP contribution is 2.28. The molecule has 0 atom stereocenters. The summed E-state index contributed by atoms with van der Waals surface area (Å²) in [7, 11) is -3.65. The number of piperidine rings is 1. The van der Waals surface area contributed by atoms with Gasteiger partial charge in [-0.15, -0.1) is 0 Å². The third kappa shape index (κ3) is 4.73. The first kappa shape index (κ1) is 22.5. The molecule has 1 amide bonds. The summed E-state index contributed by atoms with van der Waals surface area (Å²) >= 11 is 1.07. The summed E-state index contributed by atoms with van der Waals surface area (Å²) in [6, 6.07) is 5.18. The third-order valence-corrected chi connectivity index (χ3v) is 9.46. The van der Waals surface area contributed by atoms with Gasteiger partial charge >= 0.3 is 4.87 Å². The first-order chi connectivity index (χ1) is 14.9. The first-order valence-corrected chi connectivity index (χ1v) is 13.6. The predicted molar refractivity (Wildman–Crippen MR) is 123 cm³/mol. The molecule has 2 aliphatic rings. The number of nitrogens with one attached hydrogen (secondary N) is 1. The number of aryl methyl sites for hydroxylation is 1. The molecule has 2 aromatic rings. The lowest BCUT2D eigenvalue weighted by Gasteiger charge is -2.31. The molecule has 31 heavy (non-hydrogen) atoms. The summed E-state index contributed by atoms with van der Waals surface area (Å²) in [5, 5.41) is 3.21. The lowest BCUT2D eigenvalue weighted by molar-refractivity contribution is -0.126. The molecule has 1 aliphatic carbocycles. The molecule has 0 spiro atoms. The molecule has 4 rings (SSSR count). The minimum atomic E-state index is -3.65. The second-order valence-corrected chi connectivity index (χ2v) is 11.5. The molecule has 1 saturated heterocycles. The van der Waals surface area contributed by atoms with Gasteiger partial charge in [0.25, 0.3) is 0 Å². The van der Waals surface area contributed by atoms with Crippen molar-refractivity contribution < 1.29 is 13.2 Å². The van der Waals surface area contributed by atoms with Gasteiger partial charge in [-0.1, -0.05) is 37.0 Å². The number of aromatic nitrogens is 1. The molecule has 1 N–H and O–H groups in total. The van der Waals surface area contributed by atoms with Gasteiger partial charge in [0.1, 0.15) is 0 Å². The quantitative estimate of drug-likeness (QED) is 0.686. The lowest BCUT2D eigenvalue weighted by atomic mass is 9.96. The molecule has 2 fully saturated rings. The van der Waals surface area contributed by atoms with E-state index in [1.54, 1.807) is 22.8 Å². The maximum absolute atomic E-state index is 13.2. The molecule has 0 bridgehead atoms. The van der Waals surface area contributed by atoms with Crippen LogP contribution in [0.3, 0.4) is 0 Å². The number of fused-ring (bicyclic) bond motifs is 1. The van der Waals surface area contributed by atoms with Gasteiger partial charge in [0.15, 0.2) is 0 Å². The fraction of sp³-hybridized carbons (Fsp3) is 0.636. The highest BCUT2D eigenvalue weighted by atomic mass is 32.2. The van der Waals surface area contributed by atoms with E-state index in [0.29, 0.717) is 37.2 Å². The van der Waals surface area contributed by atoms with Crippen LogP contribution in [0.5, 0.6) is 0 Å². The summed E-state index contributed by atoms with van der Waals surface area (Å²) in [5.74, 6) is -0.0444. The molecule has 170 valence electrons. The zero-order valence-corrected chi connectivity index (χ0v) is 19.6. The number of carbonyl (C=O) groups excluding carboxylic acids is 1. The number of carbonyl (C=O) groups is 1. The van der Waals surface area contributed by atoms with Gasteiger partial charge in [-0.25, -0.2) is 8.42 Å². The van der Waals surface area contributed by atoms with E-state index in [1.165, 1.54) is 30.0 Å². The van der Waals surface area contributed by atoms with Crippen molar-refractivity contribution in [1.82, 2.24) is 14.2 Å². The Bertz CT molecular complexity index is 1090. The van der Waals surface area contributed by atoms with Crippen molar-refractivity contribution in [3.63, 3.8) is 0 Å². The van der Waals surface area contributed by atoms with Crippen molar-refractivity contribution in [1.29, 1.82) is 0 Å². The number of rotatable bonds is 5. The number of hydrogen-bond acceptors (Lipinski definition) is 5. The smallest absolute Gasteiger partial charge is 0.308 e. The van der Waals surface area contributed by atoms with Crippen LogP contribution in [0.25, 0.3) is 10.2 Å². The van der Waals surface area contributed by atoms with E-state index in [9.17, 15) is 18.0 Å². The zero-order valence-electron chi connectivity index (χ0n) is 18.0. The summed E-state index contributed by atoms with van der Waals surface area (Å²) in [4.78, 5) is 24.9. The van der Waals surface area contributed by atoms with E-state index in [4.69, 9.17) is 0 Å².